The molecule has 0 spiro atoms. The van der Waals surface area contributed by atoms with Gasteiger partial charge in [-0.1, -0.05) is 18.2 Å². The predicted octanol–water partition coefficient (Wildman–Crippen LogP) is 2.59. The Balaban J connectivity index is 1.49. The number of benzene rings is 1. The minimum absolute atomic E-state index is 0.115. The first-order valence-corrected chi connectivity index (χ1v) is 11.3. The van der Waals surface area contributed by atoms with Gasteiger partial charge in [0, 0.05) is 44.7 Å². The van der Waals surface area contributed by atoms with Crippen LogP contribution in [0.5, 0.6) is 0 Å². The molecule has 0 radical (unpaired) electrons. The second kappa shape index (κ2) is 11.3. The number of guanidine groups is 1. The van der Waals surface area contributed by atoms with Crippen molar-refractivity contribution in [3.05, 3.63) is 35.6 Å². The Morgan fingerprint density at radius 2 is 1.97 bits per heavy atom. The maximum Gasteiger partial charge on any atom is 0.217 e. The Labute approximate surface area is 179 Å². The number of nitrogens with one attached hydrogen (secondary N) is 1. The zero-order chi connectivity index (χ0) is 21.3. The molecule has 0 bridgehead atoms. The number of hydrogen-bond donors (Lipinski definition) is 2. The van der Waals surface area contributed by atoms with Crippen molar-refractivity contribution in [1.82, 2.24) is 15.1 Å². The minimum atomic E-state index is -0.217. The molecule has 166 valence electrons. The van der Waals surface area contributed by atoms with E-state index in [0.29, 0.717) is 24.8 Å². The van der Waals surface area contributed by atoms with E-state index in [2.05, 4.69) is 22.0 Å². The number of carbonyl (C=O) groups excluding carboxylic acids is 1. The number of hydrogen-bond acceptors (Lipinski definition) is 3. The molecule has 2 saturated heterocycles. The average molecular weight is 418 g/mol. The van der Waals surface area contributed by atoms with Crippen LogP contribution in [0.2, 0.25) is 0 Å². The predicted molar refractivity (Wildman–Crippen MR) is 118 cm³/mol. The molecule has 0 aliphatic carbocycles. The van der Waals surface area contributed by atoms with Crippen LogP contribution in [0.1, 0.15) is 44.6 Å². The molecule has 30 heavy (non-hydrogen) atoms. The summed E-state index contributed by atoms with van der Waals surface area (Å²) in [4.78, 5) is 20.9. The molecule has 1 unspecified atom stereocenters. The van der Waals surface area contributed by atoms with Crippen molar-refractivity contribution in [2.24, 2.45) is 22.6 Å². The Hall–Kier alpha value is -2.15. The van der Waals surface area contributed by atoms with Gasteiger partial charge in [-0.15, -0.1) is 0 Å². The molecule has 7 heteroatoms. The molecule has 6 nitrogen and oxygen atoms in total. The van der Waals surface area contributed by atoms with Crippen molar-refractivity contribution in [2.45, 2.75) is 45.6 Å². The highest BCUT2D eigenvalue weighted by atomic mass is 19.1. The van der Waals surface area contributed by atoms with E-state index in [-0.39, 0.29) is 11.7 Å². The van der Waals surface area contributed by atoms with E-state index in [4.69, 9.17) is 10.7 Å². The number of nitrogens with two attached hydrogens (primary N) is 1. The molecule has 1 amide bonds. The lowest BCUT2D eigenvalue weighted by Gasteiger charge is -2.35. The Morgan fingerprint density at radius 1 is 1.20 bits per heavy atom. The largest absolute Gasteiger partial charge is 0.370 e. The van der Waals surface area contributed by atoms with Gasteiger partial charge in [0.15, 0.2) is 5.96 Å². The lowest BCUT2D eigenvalue weighted by molar-refractivity contribution is -0.119. The van der Waals surface area contributed by atoms with Gasteiger partial charge >= 0.3 is 0 Å². The van der Waals surface area contributed by atoms with Crippen molar-refractivity contribution in [2.75, 3.05) is 39.3 Å². The van der Waals surface area contributed by atoms with Gasteiger partial charge in [0.1, 0.15) is 5.82 Å². The summed E-state index contributed by atoms with van der Waals surface area (Å²) in [6.07, 6.45) is 4.75. The first kappa shape index (κ1) is 22.5. The van der Waals surface area contributed by atoms with E-state index in [9.17, 15) is 9.18 Å². The van der Waals surface area contributed by atoms with Gasteiger partial charge in [-0.25, -0.2) is 4.39 Å². The summed E-state index contributed by atoms with van der Waals surface area (Å²) in [7, 11) is 0. The molecular formula is C23H36FN5O. The molecule has 2 fully saturated rings. The number of aliphatic imine (C=N–C) groups is 1. The zero-order valence-electron chi connectivity index (χ0n) is 18.2. The van der Waals surface area contributed by atoms with Crippen molar-refractivity contribution < 1.29 is 9.18 Å². The highest BCUT2D eigenvalue weighted by Gasteiger charge is 2.24. The average Bonchev–Trinajstić information content (AvgIpc) is 2.73. The number of carbonyl (C=O) groups is 1. The zero-order valence-corrected chi connectivity index (χ0v) is 18.2. The standard InChI is InChI=1S/C23H36FN5O/c1-2-26-23(29-11-5-6-19(16-29)14-22(25)30)27-15-18-9-12-28(13-10-18)17-20-7-3-4-8-21(20)24/h3-4,7-8,18-19H,2,5-6,9-17H2,1H3,(H2,25,30)(H,26,27). The lowest BCUT2D eigenvalue weighted by atomic mass is 9.94. The third-order valence-electron chi connectivity index (χ3n) is 6.20. The Bertz CT molecular complexity index is 717. The van der Waals surface area contributed by atoms with Crippen molar-refractivity contribution >= 4 is 11.9 Å². The van der Waals surface area contributed by atoms with Gasteiger partial charge in [0.05, 0.1) is 0 Å². The van der Waals surface area contributed by atoms with Gasteiger partial charge in [-0.2, -0.15) is 0 Å². The molecule has 0 aromatic heterocycles. The molecule has 3 rings (SSSR count). The highest BCUT2D eigenvalue weighted by Crippen LogP contribution is 2.22. The maximum absolute atomic E-state index is 13.9. The molecule has 1 aromatic carbocycles. The van der Waals surface area contributed by atoms with Crippen LogP contribution >= 0.6 is 0 Å². The first-order chi connectivity index (χ1) is 14.5. The normalized spacial score (nSPS) is 21.6. The van der Waals surface area contributed by atoms with Crippen molar-refractivity contribution in [3.8, 4) is 0 Å². The summed E-state index contributed by atoms with van der Waals surface area (Å²) in [6.45, 7) is 8.19. The first-order valence-electron chi connectivity index (χ1n) is 11.3. The summed E-state index contributed by atoms with van der Waals surface area (Å²) < 4.78 is 13.9. The van der Waals surface area contributed by atoms with E-state index < -0.39 is 0 Å². The molecule has 1 aromatic rings. The quantitative estimate of drug-likeness (QED) is 0.528. The number of piperidine rings is 2. The molecule has 2 heterocycles. The number of likely N-dealkylation sites (tertiary alicyclic amines) is 2. The van der Waals surface area contributed by atoms with E-state index in [1.54, 1.807) is 6.07 Å². The van der Waals surface area contributed by atoms with Crippen LogP contribution in [0, 0.1) is 17.7 Å². The monoisotopic (exact) mass is 417 g/mol. The Morgan fingerprint density at radius 3 is 2.67 bits per heavy atom. The van der Waals surface area contributed by atoms with E-state index in [1.165, 1.54) is 6.07 Å². The van der Waals surface area contributed by atoms with Crippen LogP contribution in [-0.4, -0.2) is 60.9 Å². The van der Waals surface area contributed by atoms with Crippen LogP contribution in [0.25, 0.3) is 0 Å². The maximum atomic E-state index is 13.9. The van der Waals surface area contributed by atoms with Crippen LogP contribution in [0.3, 0.4) is 0 Å². The second-order valence-corrected chi connectivity index (χ2v) is 8.63. The summed E-state index contributed by atoms with van der Waals surface area (Å²) >= 11 is 0. The lowest BCUT2D eigenvalue weighted by Crippen LogP contribution is -2.47. The van der Waals surface area contributed by atoms with Gasteiger partial charge in [0.2, 0.25) is 5.91 Å². The van der Waals surface area contributed by atoms with E-state index in [1.807, 2.05) is 12.1 Å². The van der Waals surface area contributed by atoms with Gasteiger partial charge in [-0.05, 0) is 63.6 Å². The van der Waals surface area contributed by atoms with Gasteiger partial charge in [0.25, 0.3) is 0 Å². The molecule has 2 aliphatic heterocycles. The third kappa shape index (κ3) is 6.69. The fraction of sp³-hybridized carbons (Fsp3) is 0.652. The molecule has 1 atom stereocenters. The van der Waals surface area contributed by atoms with Gasteiger partial charge in [-0.3, -0.25) is 14.7 Å². The van der Waals surface area contributed by atoms with E-state index >= 15 is 0 Å². The fourth-order valence-electron chi connectivity index (χ4n) is 4.54. The minimum Gasteiger partial charge on any atom is -0.370 e. The molecule has 0 saturated carbocycles. The smallest absolute Gasteiger partial charge is 0.217 e. The molecule has 3 N–H and O–H groups in total. The number of nitrogens with zero attached hydrogens (tertiary/aromatic N) is 3. The SMILES string of the molecule is CCNC(=NCC1CCN(Cc2ccccc2F)CC1)N1CCCC(CC(N)=O)C1. The highest BCUT2D eigenvalue weighted by molar-refractivity contribution is 5.80. The Kier molecular flexibility index (Phi) is 8.49. The number of rotatable bonds is 7. The number of halogens is 1. The van der Waals surface area contributed by atoms with Crippen molar-refractivity contribution in [1.29, 1.82) is 0 Å². The number of amides is 1. The number of primary amides is 1. The van der Waals surface area contributed by atoms with Crippen LogP contribution < -0.4 is 11.1 Å². The summed E-state index contributed by atoms with van der Waals surface area (Å²) in [6, 6.07) is 7.05. The summed E-state index contributed by atoms with van der Waals surface area (Å²) in [5.74, 6) is 1.51. The van der Waals surface area contributed by atoms with Gasteiger partial charge < -0.3 is 16.0 Å². The van der Waals surface area contributed by atoms with E-state index in [0.717, 1.165) is 76.5 Å². The topological polar surface area (TPSA) is 74.0 Å². The van der Waals surface area contributed by atoms with Crippen LogP contribution in [-0.2, 0) is 11.3 Å². The van der Waals surface area contributed by atoms with Crippen molar-refractivity contribution in [3.63, 3.8) is 0 Å². The third-order valence-corrected chi connectivity index (χ3v) is 6.20. The summed E-state index contributed by atoms with van der Waals surface area (Å²) in [5.41, 5.74) is 6.18. The molecule has 2 aliphatic rings. The summed E-state index contributed by atoms with van der Waals surface area (Å²) in [5, 5.41) is 3.42. The van der Waals surface area contributed by atoms with Crippen LogP contribution in [0.15, 0.2) is 29.3 Å². The van der Waals surface area contributed by atoms with Crippen LogP contribution in [0.4, 0.5) is 4.39 Å². The fourth-order valence-corrected chi connectivity index (χ4v) is 4.54. The second-order valence-electron chi connectivity index (χ2n) is 8.63. The molecular weight excluding hydrogens is 381 g/mol.